The van der Waals surface area contributed by atoms with E-state index in [1.165, 1.54) is 24.3 Å². The molecule has 0 aliphatic rings. The molecular weight excluding hydrogens is 412 g/mol. The first-order chi connectivity index (χ1) is 13.8. The molecule has 0 bridgehead atoms. The molecule has 0 radical (unpaired) electrons. The summed E-state index contributed by atoms with van der Waals surface area (Å²) in [6.07, 6.45) is -0.715. The minimum absolute atomic E-state index is 0.0685. The highest BCUT2D eigenvalue weighted by molar-refractivity contribution is 7.92. The fourth-order valence-corrected chi connectivity index (χ4v) is 3.63. The molecule has 0 aliphatic carbocycles. The lowest BCUT2D eigenvalue weighted by atomic mass is 10.3. The number of rotatable bonds is 7. The summed E-state index contributed by atoms with van der Waals surface area (Å²) in [7, 11) is -3.76. The van der Waals surface area contributed by atoms with Crippen LogP contribution in [0.4, 0.5) is 11.4 Å². The van der Waals surface area contributed by atoms with Crippen LogP contribution in [0, 0.1) is 0 Å². The third-order valence-corrected chi connectivity index (χ3v) is 5.60. The van der Waals surface area contributed by atoms with Gasteiger partial charge in [-0.3, -0.25) is 9.52 Å². The molecule has 3 aromatic carbocycles. The maximum Gasteiger partial charge on any atom is 0.265 e. The van der Waals surface area contributed by atoms with Crippen molar-refractivity contribution >= 4 is 38.9 Å². The van der Waals surface area contributed by atoms with Crippen LogP contribution in [0.1, 0.15) is 6.92 Å². The van der Waals surface area contributed by atoms with E-state index in [0.717, 1.165) is 0 Å². The van der Waals surface area contributed by atoms with Crippen molar-refractivity contribution in [1.29, 1.82) is 0 Å². The summed E-state index contributed by atoms with van der Waals surface area (Å²) in [5, 5.41) is 3.22. The molecule has 0 aromatic heterocycles. The molecule has 0 saturated heterocycles. The lowest BCUT2D eigenvalue weighted by Crippen LogP contribution is -2.30. The van der Waals surface area contributed by atoms with E-state index in [0.29, 0.717) is 22.1 Å². The maximum atomic E-state index is 12.5. The van der Waals surface area contributed by atoms with Crippen LogP contribution in [0.5, 0.6) is 5.75 Å². The number of carbonyl (C=O) groups is 1. The van der Waals surface area contributed by atoms with Crippen LogP contribution >= 0.6 is 11.6 Å². The molecule has 150 valence electrons. The Morgan fingerprint density at radius 2 is 1.48 bits per heavy atom. The minimum Gasteiger partial charge on any atom is -0.481 e. The molecule has 2 N–H and O–H groups in total. The number of halogens is 1. The van der Waals surface area contributed by atoms with Gasteiger partial charge in [0, 0.05) is 16.4 Å². The SMILES string of the molecule is C[C@H](Oc1ccccc1)C(=O)Nc1ccc(S(=O)(=O)Nc2ccc(Cl)cc2)cc1. The molecule has 6 nitrogen and oxygen atoms in total. The van der Waals surface area contributed by atoms with E-state index in [-0.39, 0.29) is 10.8 Å². The Bertz CT molecular complexity index is 1070. The van der Waals surface area contributed by atoms with Crippen molar-refractivity contribution in [1.82, 2.24) is 0 Å². The smallest absolute Gasteiger partial charge is 0.265 e. The molecule has 1 atom stereocenters. The molecule has 0 spiro atoms. The standard InChI is InChI=1S/C21H19ClN2O4S/c1-15(28-19-5-3-2-4-6-19)21(25)23-17-11-13-20(14-12-17)29(26,27)24-18-9-7-16(22)8-10-18/h2-15,24H,1H3,(H,23,25)/t15-/m0/s1. The molecule has 0 unspecified atom stereocenters. The molecule has 0 aliphatic heterocycles. The second-order valence-corrected chi connectivity index (χ2v) is 8.32. The second kappa shape index (κ2) is 8.98. The van der Waals surface area contributed by atoms with Gasteiger partial charge in [-0.1, -0.05) is 29.8 Å². The number of para-hydroxylation sites is 1. The number of hydrogen-bond acceptors (Lipinski definition) is 4. The van der Waals surface area contributed by atoms with E-state index < -0.39 is 16.1 Å². The lowest BCUT2D eigenvalue weighted by Gasteiger charge is -2.15. The van der Waals surface area contributed by atoms with Crippen molar-refractivity contribution in [2.75, 3.05) is 10.0 Å². The zero-order valence-electron chi connectivity index (χ0n) is 15.5. The number of ether oxygens (including phenoxy) is 1. The Morgan fingerprint density at radius 3 is 2.10 bits per heavy atom. The molecule has 0 saturated carbocycles. The fourth-order valence-electron chi connectivity index (χ4n) is 2.45. The Balaban J connectivity index is 1.63. The van der Waals surface area contributed by atoms with Gasteiger partial charge in [-0.15, -0.1) is 0 Å². The molecule has 1 amide bonds. The van der Waals surface area contributed by atoms with Crippen molar-refractivity contribution in [3.8, 4) is 5.75 Å². The number of amides is 1. The van der Waals surface area contributed by atoms with E-state index in [1.807, 2.05) is 18.2 Å². The van der Waals surface area contributed by atoms with Crippen LogP contribution in [0.25, 0.3) is 0 Å². The van der Waals surface area contributed by atoms with Crippen LogP contribution < -0.4 is 14.8 Å². The van der Waals surface area contributed by atoms with Gasteiger partial charge in [0.05, 0.1) is 4.90 Å². The molecule has 0 heterocycles. The average molecular weight is 431 g/mol. The summed E-state index contributed by atoms with van der Waals surface area (Å²) in [5.41, 5.74) is 0.864. The minimum atomic E-state index is -3.76. The molecule has 29 heavy (non-hydrogen) atoms. The summed E-state index contributed by atoms with van der Waals surface area (Å²) in [6.45, 7) is 1.64. The molecule has 0 fully saturated rings. The van der Waals surface area contributed by atoms with Crippen molar-refractivity contribution in [3.05, 3.63) is 83.9 Å². The first-order valence-corrected chi connectivity index (χ1v) is 10.6. The van der Waals surface area contributed by atoms with E-state index in [9.17, 15) is 13.2 Å². The molecule has 8 heteroatoms. The summed E-state index contributed by atoms with van der Waals surface area (Å²) >= 11 is 5.81. The zero-order valence-corrected chi connectivity index (χ0v) is 17.1. The predicted molar refractivity (Wildman–Crippen MR) is 114 cm³/mol. The van der Waals surface area contributed by atoms with Crippen molar-refractivity contribution in [3.63, 3.8) is 0 Å². The Morgan fingerprint density at radius 1 is 0.897 bits per heavy atom. The normalized spacial score (nSPS) is 12.1. The second-order valence-electron chi connectivity index (χ2n) is 6.20. The zero-order chi connectivity index (χ0) is 20.9. The quantitative estimate of drug-likeness (QED) is 0.576. The highest BCUT2D eigenvalue weighted by Gasteiger charge is 2.17. The average Bonchev–Trinajstić information content (AvgIpc) is 2.71. The number of sulfonamides is 1. The van der Waals surface area contributed by atoms with Gasteiger partial charge in [0.15, 0.2) is 6.10 Å². The molecule has 3 rings (SSSR count). The highest BCUT2D eigenvalue weighted by atomic mass is 35.5. The van der Waals surface area contributed by atoms with E-state index in [4.69, 9.17) is 16.3 Å². The maximum absolute atomic E-state index is 12.5. The van der Waals surface area contributed by atoms with Gasteiger partial charge in [-0.25, -0.2) is 8.42 Å². The topological polar surface area (TPSA) is 84.5 Å². The van der Waals surface area contributed by atoms with Gasteiger partial charge in [0.1, 0.15) is 5.75 Å². The van der Waals surface area contributed by atoms with Gasteiger partial charge in [-0.05, 0) is 67.6 Å². The number of carbonyl (C=O) groups excluding carboxylic acids is 1. The monoisotopic (exact) mass is 430 g/mol. The number of nitrogens with one attached hydrogen (secondary N) is 2. The van der Waals surface area contributed by atoms with Crippen LogP contribution in [0.15, 0.2) is 83.8 Å². The third kappa shape index (κ3) is 5.73. The van der Waals surface area contributed by atoms with Crippen LogP contribution in [-0.2, 0) is 14.8 Å². The number of anilines is 2. The first-order valence-electron chi connectivity index (χ1n) is 8.74. The van der Waals surface area contributed by atoms with Crippen LogP contribution in [0.2, 0.25) is 5.02 Å². The van der Waals surface area contributed by atoms with Crippen molar-refractivity contribution in [2.45, 2.75) is 17.9 Å². The Kier molecular flexibility index (Phi) is 6.41. The van der Waals surface area contributed by atoms with E-state index in [1.54, 1.807) is 43.3 Å². The summed E-state index contributed by atoms with van der Waals surface area (Å²) in [6, 6.07) is 21.2. The van der Waals surface area contributed by atoms with Gasteiger partial charge < -0.3 is 10.1 Å². The predicted octanol–water partition coefficient (Wildman–Crippen LogP) is 4.55. The third-order valence-electron chi connectivity index (χ3n) is 3.95. The van der Waals surface area contributed by atoms with E-state index >= 15 is 0 Å². The highest BCUT2D eigenvalue weighted by Crippen LogP contribution is 2.20. The van der Waals surface area contributed by atoms with Crippen LogP contribution in [-0.4, -0.2) is 20.4 Å². The number of benzene rings is 3. The van der Waals surface area contributed by atoms with Gasteiger partial charge in [0.25, 0.3) is 15.9 Å². The number of hydrogen-bond donors (Lipinski definition) is 2. The summed E-state index contributed by atoms with van der Waals surface area (Å²) < 4.78 is 33.0. The van der Waals surface area contributed by atoms with Crippen LogP contribution in [0.3, 0.4) is 0 Å². The summed E-state index contributed by atoms with van der Waals surface area (Å²) in [4.78, 5) is 12.4. The Hall–Kier alpha value is -3.03. The van der Waals surface area contributed by atoms with Gasteiger partial charge >= 0.3 is 0 Å². The van der Waals surface area contributed by atoms with Gasteiger partial charge in [-0.2, -0.15) is 0 Å². The van der Waals surface area contributed by atoms with E-state index in [2.05, 4.69) is 10.0 Å². The molecular formula is C21H19ClN2O4S. The van der Waals surface area contributed by atoms with Gasteiger partial charge in [0.2, 0.25) is 0 Å². The van der Waals surface area contributed by atoms with Crippen molar-refractivity contribution in [2.24, 2.45) is 0 Å². The lowest BCUT2D eigenvalue weighted by molar-refractivity contribution is -0.122. The fraction of sp³-hybridized carbons (Fsp3) is 0.0952. The summed E-state index contributed by atoms with van der Waals surface area (Å²) in [5.74, 6) is 0.244. The molecule has 3 aromatic rings. The van der Waals surface area contributed by atoms with Crippen molar-refractivity contribution < 1.29 is 17.9 Å². The first kappa shape index (κ1) is 20.7. The largest absolute Gasteiger partial charge is 0.481 e. The Labute approximate surface area is 174 Å².